The van der Waals surface area contributed by atoms with Gasteiger partial charge in [-0.15, -0.1) is 6.58 Å². The average Bonchev–Trinajstić information content (AvgIpc) is 3.26. The highest BCUT2D eigenvalue weighted by Gasteiger charge is 2.65. The van der Waals surface area contributed by atoms with Gasteiger partial charge in [-0.05, 0) is 126 Å². The molecule has 0 radical (unpaired) electrons. The Hall–Kier alpha value is -3.86. The van der Waals surface area contributed by atoms with Crippen LogP contribution in [0.3, 0.4) is 0 Å². The molecule has 1 saturated carbocycles. The van der Waals surface area contributed by atoms with Crippen LogP contribution in [0.2, 0.25) is 0 Å². The van der Waals surface area contributed by atoms with Crippen LogP contribution in [-0.2, 0) is 14.3 Å². The summed E-state index contributed by atoms with van der Waals surface area (Å²) in [5, 5.41) is 24.8. The van der Waals surface area contributed by atoms with Crippen molar-refractivity contribution in [1.82, 2.24) is 4.90 Å². The van der Waals surface area contributed by atoms with Crippen molar-refractivity contribution in [1.29, 1.82) is 0 Å². The van der Waals surface area contributed by atoms with Gasteiger partial charge in [-0.3, -0.25) is 0 Å². The van der Waals surface area contributed by atoms with E-state index < -0.39 is 29.4 Å². The van der Waals surface area contributed by atoms with E-state index in [1.807, 2.05) is 39.0 Å². The molecule has 1 aliphatic heterocycles. The molecule has 10 nitrogen and oxygen atoms in total. The topological polar surface area (TPSA) is 119 Å². The van der Waals surface area contributed by atoms with E-state index in [0.29, 0.717) is 37.4 Å². The molecule has 0 saturated heterocycles. The Morgan fingerprint density at radius 2 is 1.54 bits per heavy atom. The second-order valence-electron chi connectivity index (χ2n) is 19.2. The summed E-state index contributed by atoms with van der Waals surface area (Å²) in [5.74, 6) is 0.461. The Morgan fingerprint density at radius 1 is 0.889 bits per heavy atom. The third-order valence-electron chi connectivity index (χ3n) is 13.3. The van der Waals surface area contributed by atoms with E-state index in [2.05, 4.69) is 51.6 Å². The van der Waals surface area contributed by atoms with Crippen LogP contribution in [0.4, 0.5) is 4.79 Å². The van der Waals surface area contributed by atoms with Crippen molar-refractivity contribution in [2.24, 2.45) is 22.9 Å². The maximum Gasteiger partial charge on any atom is 0.409 e. The van der Waals surface area contributed by atoms with Crippen molar-refractivity contribution < 1.29 is 38.8 Å². The predicted octanol–water partition coefficient (Wildman–Crippen LogP) is 12.5. The first-order valence-corrected chi connectivity index (χ1v) is 24.3. The van der Waals surface area contributed by atoms with Crippen LogP contribution in [-0.4, -0.2) is 77.8 Å². The molecule has 2 aliphatic carbocycles. The van der Waals surface area contributed by atoms with Crippen molar-refractivity contribution in [3.8, 4) is 17.2 Å². The van der Waals surface area contributed by atoms with Crippen molar-refractivity contribution in [2.45, 2.75) is 174 Å². The Bertz CT molecular complexity index is 1820. The van der Waals surface area contributed by atoms with Gasteiger partial charge >= 0.3 is 6.09 Å². The number of aliphatic hydroxyl groups is 2. The van der Waals surface area contributed by atoms with E-state index in [1.54, 1.807) is 18.0 Å². The number of rotatable bonds is 26. The maximum atomic E-state index is 14.2. The molecule has 3 aliphatic rings. The van der Waals surface area contributed by atoms with E-state index in [1.165, 1.54) is 50.5 Å². The lowest BCUT2D eigenvalue weighted by molar-refractivity contribution is -0.253. The minimum Gasteiger partial charge on any atom is -0.459 e. The van der Waals surface area contributed by atoms with Gasteiger partial charge in [0.2, 0.25) is 5.79 Å². The molecular weight excluding hydrogens is 793 g/mol. The molecule has 2 aromatic carbocycles. The van der Waals surface area contributed by atoms with E-state index >= 15 is 0 Å². The predicted molar refractivity (Wildman–Crippen MR) is 253 cm³/mol. The smallest absolute Gasteiger partial charge is 0.409 e. The molecule has 0 aromatic heterocycles. The second-order valence-corrected chi connectivity index (χ2v) is 19.2. The summed E-state index contributed by atoms with van der Waals surface area (Å²) in [6.07, 6.45) is 20.8. The first-order valence-electron chi connectivity index (χ1n) is 24.3. The quantitative estimate of drug-likeness (QED) is 0.0545. The average molecular weight is 873 g/mol. The number of benzene rings is 2. The Kier molecular flexibility index (Phi) is 19.4. The highest BCUT2D eigenvalue weighted by atomic mass is 16.7. The molecule has 0 bridgehead atoms. The first-order chi connectivity index (χ1) is 30.4. The highest BCUT2D eigenvalue weighted by molar-refractivity contribution is 6.03. The van der Waals surface area contributed by atoms with E-state index in [0.717, 1.165) is 73.1 Å². The van der Waals surface area contributed by atoms with Crippen LogP contribution >= 0.6 is 0 Å². The minimum absolute atomic E-state index is 0.104. The number of aryl methyl sites for hydroxylation is 2. The molecule has 350 valence electrons. The van der Waals surface area contributed by atoms with Gasteiger partial charge in [-0.2, -0.15) is 0 Å². The van der Waals surface area contributed by atoms with Crippen LogP contribution in [0.5, 0.6) is 17.2 Å². The van der Waals surface area contributed by atoms with Gasteiger partial charge in [0.1, 0.15) is 28.9 Å². The molecule has 2 N–H and O–H groups in total. The maximum absolute atomic E-state index is 14.2. The lowest BCUT2D eigenvalue weighted by atomic mass is 9.55. The van der Waals surface area contributed by atoms with Crippen LogP contribution in [0.1, 0.15) is 159 Å². The molecule has 1 heterocycles. The Morgan fingerprint density at radius 3 is 2.19 bits per heavy atom. The minimum atomic E-state index is -1.34. The summed E-state index contributed by atoms with van der Waals surface area (Å²) in [6.45, 7) is 17.2. The number of ether oxygens (including phenoxy) is 4. The summed E-state index contributed by atoms with van der Waals surface area (Å²) in [6, 6.07) is 11.5. The number of allylic oxidation sites excluding steroid dienone is 1. The molecule has 0 spiro atoms. The molecular formula is C53H80N2O8. The number of nitrogens with zero attached hydrogens (tertiary/aromatic N) is 2. The van der Waals surface area contributed by atoms with Crippen LogP contribution in [0.25, 0.3) is 0 Å². The fourth-order valence-electron chi connectivity index (χ4n) is 9.87. The van der Waals surface area contributed by atoms with E-state index in [-0.39, 0.29) is 37.6 Å². The van der Waals surface area contributed by atoms with Gasteiger partial charge in [0, 0.05) is 38.2 Å². The summed E-state index contributed by atoms with van der Waals surface area (Å²) >= 11 is 0. The molecule has 5 rings (SSSR count). The van der Waals surface area contributed by atoms with Gasteiger partial charge < -0.3 is 38.9 Å². The molecule has 6 unspecified atom stereocenters. The van der Waals surface area contributed by atoms with Gasteiger partial charge in [0.05, 0.1) is 24.8 Å². The lowest BCUT2D eigenvalue weighted by Gasteiger charge is -2.59. The third kappa shape index (κ3) is 13.4. The number of unbranched alkanes of at least 4 members (excludes halogenated alkanes) is 11. The number of aliphatic hydroxyl groups excluding tert-OH is 2. The number of carbonyl (C=O) groups excluding carboxylic acids is 1. The summed E-state index contributed by atoms with van der Waals surface area (Å²) in [7, 11) is 1.79. The Balaban J connectivity index is 1.56. The fraction of sp³-hybridized carbons (Fsp3) is 0.660. The third-order valence-corrected chi connectivity index (χ3v) is 13.3. The van der Waals surface area contributed by atoms with Gasteiger partial charge in [0.25, 0.3) is 0 Å². The summed E-state index contributed by atoms with van der Waals surface area (Å²) in [5.41, 5.74) is 4.55. The van der Waals surface area contributed by atoms with Crippen LogP contribution in [0, 0.1) is 31.6 Å². The van der Waals surface area contributed by atoms with E-state index in [4.69, 9.17) is 28.9 Å². The standard InChI is InChI=1S/C53H80N2O8/c1-9-11-12-13-14-15-16-17-18-23-33-59-51(58)55(8)48-37-46(54-63-52(5,6)7)44-35-40(24-19-21-30-56)43(25-20-22-31-57)49-45-36-42(61-41-27-26-38(3)39(4)34-41)28-29-47(45)62-53(48,50(44)49)60-32-10-2/h10,26-29,34-36,40,43,48-50,56-57H,2,9,11-25,30-33,37H2,1,3-8H3. The zero-order valence-corrected chi connectivity index (χ0v) is 39.8. The molecule has 63 heavy (non-hydrogen) atoms. The number of amides is 1. The molecule has 10 heteroatoms. The SMILES string of the molecule is C=CCOC12Oc3ccc(Oc4ccc(C)c(C)c4)cc3C3C(CCCCO)C(CCCCO)C=C(C(=NOC(C)(C)C)CC1N(C)C(=O)OCCCCCCCCCCCC)C32. The number of likely N-dealkylation sites (N-methyl/N-ethyl adjacent to an activating group) is 1. The van der Waals surface area contributed by atoms with Gasteiger partial charge in [-0.1, -0.05) is 101 Å². The molecule has 1 fully saturated rings. The number of fused-ring (bicyclic) bond motifs is 2. The molecule has 6 atom stereocenters. The van der Waals surface area contributed by atoms with E-state index in [9.17, 15) is 15.0 Å². The molecule has 2 aromatic rings. The van der Waals surface area contributed by atoms with Crippen LogP contribution in [0.15, 0.2) is 65.9 Å². The molecule has 1 amide bonds. The first kappa shape index (κ1) is 50.1. The highest BCUT2D eigenvalue weighted by Crippen LogP contribution is 2.62. The second kappa shape index (κ2) is 24.4. The van der Waals surface area contributed by atoms with Crippen molar-refractivity contribution in [3.63, 3.8) is 0 Å². The summed E-state index contributed by atoms with van der Waals surface area (Å²) < 4.78 is 26.9. The zero-order chi connectivity index (χ0) is 45.4. The van der Waals surface area contributed by atoms with Crippen molar-refractivity contribution in [3.05, 3.63) is 77.4 Å². The largest absolute Gasteiger partial charge is 0.459 e. The Labute approximate surface area is 379 Å². The summed E-state index contributed by atoms with van der Waals surface area (Å²) in [4.78, 5) is 22.1. The van der Waals surface area contributed by atoms with Crippen molar-refractivity contribution >= 4 is 11.8 Å². The lowest BCUT2D eigenvalue weighted by Crippen LogP contribution is -2.69. The monoisotopic (exact) mass is 873 g/mol. The number of hydrogen-bond acceptors (Lipinski definition) is 9. The number of carbonyl (C=O) groups is 1. The van der Waals surface area contributed by atoms with Crippen LogP contribution < -0.4 is 9.47 Å². The number of oxime groups is 1. The number of hydrogen-bond donors (Lipinski definition) is 2. The van der Waals surface area contributed by atoms with Gasteiger partial charge in [0.15, 0.2) is 0 Å². The van der Waals surface area contributed by atoms with Crippen molar-refractivity contribution in [2.75, 3.05) is 33.5 Å². The normalized spacial score (nSPS) is 23.3. The zero-order valence-electron chi connectivity index (χ0n) is 39.8. The fourth-order valence-corrected chi connectivity index (χ4v) is 9.87. The van der Waals surface area contributed by atoms with Gasteiger partial charge in [-0.25, -0.2) is 4.79 Å².